The van der Waals surface area contributed by atoms with E-state index in [0.29, 0.717) is 22.9 Å². The lowest BCUT2D eigenvalue weighted by atomic mass is 10.2. The summed E-state index contributed by atoms with van der Waals surface area (Å²) < 4.78 is 7.38. The molecule has 0 radical (unpaired) electrons. The Bertz CT molecular complexity index is 1120. The van der Waals surface area contributed by atoms with Crippen molar-refractivity contribution in [2.75, 3.05) is 11.9 Å². The maximum absolute atomic E-state index is 12.6. The zero-order valence-electron chi connectivity index (χ0n) is 15.5. The maximum atomic E-state index is 12.6. The molecule has 0 unspecified atom stereocenters. The summed E-state index contributed by atoms with van der Waals surface area (Å²) in [5.74, 6) is 1.35. The van der Waals surface area contributed by atoms with Crippen molar-refractivity contribution in [2.24, 2.45) is 0 Å². The molecule has 0 aliphatic heterocycles. The molecule has 1 aromatic carbocycles. The number of anilines is 1. The number of rotatable bonds is 6. The van der Waals surface area contributed by atoms with Crippen LogP contribution < -0.4 is 10.1 Å². The predicted octanol–water partition coefficient (Wildman–Crippen LogP) is 4.20. The number of hydrogen-bond donors (Lipinski definition) is 1. The van der Waals surface area contributed by atoms with E-state index >= 15 is 0 Å². The van der Waals surface area contributed by atoms with Crippen LogP contribution in [-0.2, 0) is 0 Å². The lowest BCUT2D eigenvalue weighted by molar-refractivity contribution is 0.102. The van der Waals surface area contributed by atoms with Gasteiger partial charge >= 0.3 is 0 Å². The fraction of sp³-hybridized carbons (Fsp3) is 0.200. The highest BCUT2D eigenvalue weighted by Gasteiger charge is 2.12. The molecule has 4 aromatic rings. The van der Waals surface area contributed by atoms with Crippen molar-refractivity contribution in [2.45, 2.75) is 20.3 Å². The third-order valence-corrected chi connectivity index (χ3v) is 4.94. The van der Waals surface area contributed by atoms with Gasteiger partial charge < -0.3 is 4.74 Å². The van der Waals surface area contributed by atoms with E-state index in [9.17, 15) is 4.79 Å². The molecule has 8 heteroatoms. The van der Waals surface area contributed by atoms with Gasteiger partial charge in [-0.1, -0.05) is 6.92 Å². The minimum absolute atomic E-state index is 0.223. The second kappa shape index (κ2) is 7.77. The average molecular weight is 393 g/mol. The molecule has 0 aliphatic carbocycles. The predicted molar refractivity (Wildman–Crippen MR) is 109 cm³/mol. The van der Waals surface area contributed by atoms with Gasteiger partial charge in [0.2, 0.25) is 0 Å². The number of nitrogens with zero attached hydrogens (tertiary/aromatic N) is 4. The zero-order valence-corrected chi connectivity index (χ0v) is 16.4. The molecule has 3 aromatic heterocycles. The molecule has 142 valence electrons. The highest BCUT2D eigenvalue weighted by atomic mass is 32.1. The fourth-order valence-corrected chi connectivity index (χ4v) is 3.43. The number of amides is 1. The molecule has 1 amide bonds. The Morgan fingerprint density at radius 2 is 2.00 bits per heavy atom. The Morgan fingerprint density at radius 1 is 1.18 bits per heavy atom. The number of pyridine rings is 1. The number of thiazole rings is 1. The van der Waals surface area contributed by atoms with Crippen LogP contribution in [0.4, 0.5) is 5.13 Å². The molecule has 7 nitrogen and oxygen atoms in total. The smallest absolute Gasteiger partial charge is 0.258 e. The summed E-state index contributed by atoms with van der Waals surface area (Å²) in [5.41, 5.74) is 3.01. The number of hydrogen-bond acceptors (Lipinski definition) is 6. The van der Waals surface area contributed by atoms with E-state index in [4.69, 9.17) is 4.74 Å². The lowest BCUT2D eigenvalue weighted by Crippen LogP contribution is -2.12. The van der Waals surface area contributed by atoms with E-state index < -0.39 is 0 Å². The van der Waals surface area contributed by atoms with Crippen molar-refractivity contribution in [3.8, 4) is 17.0 Å². The normalized spacial score (nSPS) is 10.9. The average Bonchev–Trinajstić information content (AvgIpc) is 3.33. The third-order valence-electron chi connectivity index (χ3n) is 4.18. The first-order valence-electron chi connectivity index (χ1n) is 8.95. The Kier molecular flexibility index (Phi) is 5.03. The first-order chi connectivity index (χ1) is 13.6. The van der Waals surface area contributed by atoms with Crippen molar-refractivity contribution in [3.63, 3.8) is 0 Å². The minimum atomic E-state index is -0.223. The van der Waals surface area contributed by atoms with Gasteiger partial charge in [0.25, 0.3) is 5.91 Å². The van der Waals surface area contributed by atoms with Crippen molar-refractivity contribution in [1.82, 2.24) is 19.6 Å². The van der Waals surface area contributed by atoms with Gasteiger partial charge in [-0.15, -0.1) is 21.5 Å². The molecular weight excluding hydrogens is 374 g/mol. The van der Waals surface area contributed by atoms with Gasteiger partial charge in [-0.2, -0.15) is 0 Å². The van der Waals surface area contributed by atoms with Gasteiger partial charge in [0.15, 0.2) is 10.8 Å². The topological polar surface area (TPSA) is 81.4 Å². The number of carbonyl (C=O) groups excluding carboxylic acids is 1. The summed E-state index contributed by atoms with van der Waals surface area (Å²) in [5, 5.41) is 13.3. The number of fused-ring (bicyclic) bond motifs is 1. The standard InChI is InChI=1S/C20H19N5O2S/c1-3-10-27-16-7-4-14(5-8-16)17-12-28-20(21-17)22-19(26)15-6-9-18-24-23-13(2)25(18)11-15/h4-9,11-12H,3,10H2,1-2H3,(H,21,22,26). The number of ether oxygens (including phenoxy) is 1. The molecule has 28 heavy (non-hydrogen) atoms. The summed E-state index contributed by atoms with van der Waals surface area (Å²) in [6, 6.07) is 11.3. The van der Waals surface area contributed by atoms with Crippen LogP contribution >= 0.6 is 11.3 Å². The molecular formula is C20H19N5O2S. The van der Waals surface area contributed by atoms with Crippen LogP contribution in [0.1, 0.15) is 29.5 Å². The van der Waals surface area contributed by atoms with Crippen LogP contribution in [0.5, 0.6) is 5.75 Å². The van der Waals surface area contributed by atoms with Gasteiger partial charge in [-0.3, -0.25) is 14.5 Å². The van der Waals surface area contributed by atoms with Crippen LogP contribution in [0.2, 0.25) is 0 Å². The molecule has 1 N–H and O–H groups in total. The van der Waals surface area contributed by atoms with Crippen LogP contribution in [0, 0.1) is 6.92 Å². The van der Waals surface area contributed by atoms with Crippen LogP contribution in [-0.4, -0.2) is 32.1 Å². The van der Waals surface area contributed by atoms with E-state index in [1.807, 2.05) is 36.6 Å². The number of aromatic nitrogens is 4. The molecule has 0 aliphatic rings. The van der Waals surface area contributed by atoms with Gasteiger partial charge in [0.05, 0.1) is 17.9 Å². The van der Waals surface area contributed by atoms with E-state index in [1.54, 1.807) is 22.7 Å². The largest absolute Gasteiger partial charge is 0.494 e. The highest BCUT2D eigenvalue weighted by molar-refractivity contribution is 7.14. The van der Waals surface area contributed by atoms with Crippen molar-refractivity contribution in [3.05, 3.63) is 59.4 Å². The summed E-state index contributed by atoms with van der Waals surface area (Å²) in [6.07, 6.45) is 2.70. The summed E-state index contributed by atoms with van der Waals surface area (Å²) in [6.45, 7) is 4.62. The molecule has 0 atom stereocenters. The fourth-order valence-electron chi connectivity index (χ4n) is 2.71. The Balaban J connectivity index is 1.47. The summed E-state index contributed by atoms with van der Waals surface area (Å²) in [7, 11) is 0. The number of benzene rings is 1. The van der Waals surface area contributed by atoms with E-state index in [2.05, 4.69) is 27.4 Å². The first kappa shape index (κ1) is 18.1. The van der Waals surface area contributed by atoms with Crippen molar-refractivity contribution >= 4 is 28.0 Å². The third kappa shape index (κ3) is 3.72. The quantitative estimate of drug-likeness (QED) is 0.531. The molecule has 3 heterocycles. The minimum Gasteiger partial charge on any atom is -0.494 e. The van der Waals surface area contributed by atoms with Crippen LogP contribution in [0.25, 0.3) is 16.9 Å². The SMILES string of the molecule is CCCOc1ccc(-c2csc(NC(=O)c3ccc4nnc(C)n4c3)n2)cc1. The van der Waals surface area contributed by atoms with Crippen LogP contribution in [0.15, 0.2) is 48.0 Å². The maximum Gasteiger partial charge on any atom is 0.258 e. The lowest BCUT2D eigenvalue weighted by Gasteiger charge is -2.05. The zero-order chi connectivity index (χ0) is 19.5. The highest BCUT2D eigenvalue weighted by Crippen LogP contribution is 2.27. The van der Waals surface area contributed by atoms with E-state index in [-0.39, 0.29) is 5.91 Å². The van der Waals surface area contributed by atoms with Crippen molar-refractivity contribution in [1.29, 1.82) is 0 Å². The second-order valence-electron chi connectivity index (χ2n) is 6.26. The molecule has 0 bridgehead atoms. The van der Waals surface area contributed by atoms with Gasteiger partial charge in [0.1, 0.15) is 11.6 Å². The number of carbonyl (C=O) groups is 1. The van der Waals surface area contributed by atoms with Crippen molar-refractivity contribution < 1.29 is 9.53 Å². The Labute approximate surface area is 166 Å². The molecule has 0 saturated carbocycles. The summed E-state index contributed by atoms with van der Waals surface area (Å²) in [4.78, 5) is 17.1. The molecule has 4 rings (SSSR count). The first-order valence-corrected chi connectivity index (χ1v) is 9.83. The second-order valence-corrected chi connectivity index (χ2v) is 7.12. The Morgan fingerprint density at radius 3 is 2.79 bits per heavy atom. The Hall–Kier alpha value is -3.26. The van der Waals surface area contributed by atoms with Gasteiger partial charge in [0, 0.05) is 17.1 Å². The molecule has 0 spiro atoms. The molecule has 0 fully saturated rings. The van der Waals surface area contributed by atoms with Crippen LogP contribution in [0.3, 0.4) is 0 Å². The van der Waals surface area contributed by atoms with E-state index in [0.717, 1.165) is 29.3 Å². The number of nitrogens with one attached hydrogen (secondary N) is 1. The molecule has 0 saturated heterocycles. The van der Waals surface area contributed by atoms with Gasteiger partial charge in [-0.05, 0) is 49.7 Å². The summed E-state index contributed by atoms with van der Waals surface area (Å²) >= 11 is 1.39. The van der Waals surface area contributed by atoms with E-state index in [1.165, 1.54) is 11.3 Å². The van der Waals surface area contributed by atoms with Gasteiger partial charge in [-0.25, -0.2) is 4.98 Å². The monoisotopic (exact) mass is 393 g/mol. The number of aryl methyl sites for hydroxylation is 1.